The van der Waals surface area contributed by atoms with Crippen LogP contribution in [-0.4, -0.2) is 12.2 Å². The molecule has 116 valence electrons. The molecule has 1 N–H and O–H groups in total. The van der Waals surface area contributed by atoms with Gasteiger partial charge in [-0.3, -0.25) is 4.79 Å². The molecule has 0 aliphatic rings. The van der Waals surface area contributed by atoms with Crippen LogP contribution in [0, 0.1) is 6.92 Å². The van der Waals surface area contributed by atoms with Crippen LogP contribution in [0.3, 0.4) is 0 Å². The summed E-state index contributed by atoms with van der Waals surface area (Å²) in [6, 6.07) is 10.0. The Morgan fingerprint density at radius 3 is 2.50 bits per heavy atom. The molecule has 0 fully saturated rings. The predicted octanol–water partition coefficient (Wildman–Crippen LogP) is 4.99. The second kappa shape index (κ2) is 6.44. The molecule has 2 rings (SSSR count). The Morgan fingerprint density at radius 1 is 1.14 bits per heavy atom. The highest BCUT2D eigenvalue weighted by Gasteiger charge is 2.30. The van der Waals surface area contributed by atoms with Crippen LogP contribution in [0.1, 0.15) is 21.5 Å². The summed E-state index contributed by atoms with van der Waals surface area (Å²) in [5, 5.41) is 2.51. The van der Waals surface area contributed by atoms with Crippen molar-refractivity contribution >= 4 is 23.4 Å². The number of rotatable bonds is 3. The van der Waals surface area contributed by atoms with Crippen molar-refractivity contribution in [3.63, 3.8) is 0 Å². The number of halogens is 3. The Hall–Kier alpha value is -1.95. The topological polar surface area (TPSA) is 29.1 Å². The molecule has 2 aromatic carbocycles. The second-order valence-corrected chi connectivity index (χ2v) is 5.59. The molecule has 0 aliphatic heterocycles. The highest BCUT2D eigenvalue weighted by atomic mass is 32.2. The van der Waals surface area contributed by atoms with Gasteiger partial charge < -0.3 is 5.32 Å². The molecule has 0 spiro atoms. The van der Waals surface area contributed by atoms with Crippen LogP contribution in [0.2, 0.25) is 0 Å². The van der Waals surface area contributed by atoms with E-state index in [0.29, 0.717) is 5.56 Å². The average molecular weight is 325 g/mol. The van der Waals surface area contributed by atoms with Crippen molar-refractivity contribution in [2.45, 2.75) is 18.0 Å². The van der Waals surface area contributed by atoms with Crippen molar-refractivity contribution in [1.29, 1.82) is 0 Å². The van der Waals surface area contributed by atoms with Crippen LogP contribution >= 0.6 is 11.8 Å². The van der Waals surface area contributed by atoms with Crippen molar-refractivity contribution in [1.82, 2.24) is 0 Å². The molecule has 6 heteroatoms. The lowest BCUT2D eigenvalue weighted by atomic mass is 10.1. The molecule has 0 aromatic heterocycles. The minimum atomic E-state index is -4.44. The normalized spacial score (nSPS) is 11.3. The van der Waals surface area contributed by atoms with Crippen LogP contribution in [0.25, 0.3) is 0 Å². The molecule has 0 saturated carbocycles. The van der Waals surface area contributed by atoms with Crippen molar-refractivity contribution in [2.24, 2.45) is 0 Å². The molecule has 0 aliphatic carbocycles. The zero-order chi connectivity index (χ0) is 16.3. The van der Waals surface area contributed by atoms with Gasteiger partial charge in [0.25, 0.3) is 5.91 Å². The van der Waals surface area contributed by atoms with Gasteiger partial charge in [0.2, 0.25) is 0 Å². The van der Waals surface area contributed by atoms with E-state index >= 15 is 0 Å². The number of nitrogens with one attached hydrogen (secondary N) is 1. The van der Waals surface area contributed by atoms with E-state index < -0.39 is 17.6 Å². The number of alkyl halides is 3. The number of hydrogen-bond donors (Lipinski definition) is 1. The van der Waals surface area contributed by atoms with Crippen LogP contribution in [-0.2, 0) is 6.18 Å². The average Bonchev–Trinajstić information content (AvgIpc) is 2.47. The van der Waals surface area contributed by atoms with E-state index in [0.717, 1.165) is 22.6 Å². The van der Waals surface area contributed by atoms with E-state index in [1.807, 2.05) is 18.4 Å². The highest BCUT2D eigenvalue weighted by Crippen LogP contribution is 2.31. The Balaban J connectivity index is 2.26. The highest BCUT2D eigenvalue weighted by molar-refractivity contribution is 7.98. The van der Waals surface area contributed by atoms with Crippen molar-refractivity contribution in [3.05, 3.63) is 59.2 Å². The number of carbonyl (C=O) groups excluding carboxylic acids is 1. The largest absolute Gasteiger partial charge is 0.416 e. The summed E-state index contributed by atoms with van der Waals surface area (Å²) in [5.74, 6) is -0.423. The van der Waals surface area contributed by atoms with Gasteiger partial charge in [0.15, 0.2) is 0 Å². The fourth-order valence-electron chi connectivity index (χ4n) is 1.94. The predicted molar refractivity (Wildman–Crippen MR) is 82.4 cm³/mol. The standard InChI is InChI=1S/C16H14F3NOS/c1-10-6-7-13(22-2)9-14(10)15(21)20-12-5-3-4-11(8-12)16(17,18)19/h3-9H,1-2H3,(H,20,21). The van der Waals surface area contributed by atoms with E-state index in [9.17, 15) is 18.0 Å². The summed E-state index contributed by atoms with van der Waals surface area (Å²) in [6.45, 7) is 1.78. The number of anilines is 1. The third-order valence-electron chi connectivity index (χ3n) is 3.14. The van der Waals surface area contributed by atoms with Gasteiger partial charge in [-0.2, -0.15) is 13.2 Å². The van der Waals surface area contributed by atoms with E-state index in [1.54, 1.807) is 13.0 Å². The SMILES string of the molecule is CSc1ccc(C)c(C(=O)Nc2cccc(C(F)(F)F)c2)c1. The second-order valence-electron chi connectivity index (χ2n) is 4.71. The van der Waals surface area contributed by atoms with Crippen LogP contribution in [0.15, 0.2) is 47.4 Å². The third kappa shape index (κ3) is 3.82. The lowest BCUT2D eigenvalue weighted by molar-refractivity contribution is -0.137. The van der Waals surface area contributed by atoms with Crippen molar-refractivity contribution in [2.75, 3.05) is 11.6 Å². The lowest BCUT2D eigenvalue weighted by Gasteiger charge is -2.11. The molecule has 2 aromatic rings. The van der Waals surface area contributed by atoms with E-state index in [4.69, 9.17) is 0 Å². The summed E-state index contributed by atoms with van der Waals surface area (Å²) in [7, 11) is 0. The molecular weight excluding hydrogens is 311 g/mol. The molecule has 22 heavy (non-hydrogen) atoms. The zero-order valence-electron chi connectivity index (χ0n) is 12.0. The number of carbonyl (C=O) groups is 1. The van der Waals surface area contributed by atoms with Gasteiger partial charge in [-0.15, -0.1) is 11.8 Å². The first kappa shape index (κ1) is 16.4. The molecule has 0 radical (unpaired) electrons. The van der Waals surface area contributed by atoms with Gasteiger partial charge >= 0.3 is 6.18 Å². The number of thioether (sulfide) groups is 1. The van der Waals surface area contributed by atoms with E-state index in [1.165, 1.54) is 23.9 Å². The molecule has 0 heterocycles. The van der Waals surface area contributed by atoms with Gasteiger partial charge in [0, 0.05) is 16.1 Å². The molecule has 0 bridgehead atoms. The van der Waals surface area contributed by atoms with E-state index in [2.05, 4.69) is 5.32 Å². The van der Waals surface area contributed by atoms with E-state index in [-0.39, 0.29) is 5.69 Å². The summed E-state index contributed by atoms with van der Waals surface area (Å²) in [4.78, 5) is 13.2. The summed E-state index contributed by atoms with van der Waals surface area (Å²) < 4.78 is 38.0. The number of benzene rings is 2. The smallest absolute Gasteiger partial charge is 0.322 e. The van der Waals surface area contributed by atoms with Crippen LogP contribution < -0.4 is 5.32 Å². The molecule has 0 unspecified atom stereocenters. The van der Waals surface area contributed by atoms with Gasteiger partial charge in [0.05, 0.1) is 5.56 Å². The maximum absolute atomic E-state index is 12.7. The number of aryl methyl sites for hydroxylation is 1. The molecular formula is C16H14F3NOS. The minimum Gasteiger partial charge on any atom is -0.322 e. The Bertz CT molecular complexity index is 698. The first-order valence-corrected chi connectivity index (χ1v) is 7.67. The maximum Gasteiger partial charge on any atom is 0.416 e. The molecule has 0 atom stereocenters. The first-order chi connectivity index (χ1) is 10.3. The monoisotopic (exact) mass is 325 g/mol. The maximum atomic E-state index is 12.7. The minimum absolute atomic E-state index is 0.119. The lowest BCUT2D eigenvalue weighted by Crippen LogP contribution is -2.14. The van der Waals surface area contributed by atoms with Gasteiger partial charge in [-0.25, -0.2) is 0 Å². The fraction of sp³-hybridized carbons (Fsp3) is 0.188. The van der Waals surface area contributed by atoms with Crippen molar-refractivity contribution < 1.29 is 18.0 Å². The van der Waals surface area contributed by atoms with Gasteiger partial charge in [-0.05, 0) is 49.1 Å². The fourth-order valence-corrected chi connectivity index (χ4v) is 2.38. The Morgan fingerprint density at radius 2 is 1.86 bits per heavy atom. The summed E-state index contributed by atoms with van der Waals surface area (Å²) in [6.07, 6.45) is -2.55. The first-order valence-electron chi connectivity index (χ1n) is 6.44. The summed E-state index contributed by atoms with van der Waals surface area (Å²) >= 11 is 1.49. The number of amides is 1. The quantitative estimate of drug-likeness (QED) is 0.806. The molecule has 1 amide bonds. The van der Waals surface area contributed by atoms with Crippen molar-refractivity contribution in [3.8, 4) is 0 Å². The Kier molecular flexibility index (Phi) is 4.81. The summed E-state index contributed by atoms with van der Waals surface area (Å²) in [5.41, 5.74) is 0.542. The third-order valence-corrected chi connectivity index (χ3v) is 3.86. The molecule has 0 saturated heterocycles. The zero-order valence-corrected chi connectivity index (χ0v) is 12.8. The number of hydrogen-bond acceptors (Lipinski definition) is 2. The Labute approximate surface area is 130 Å². The van der Waals surface area contributed by atoms with Gasteiger partial charge in [-0.1, -0.05) is 12.1 Å². The van der Waals surface area contributed by atoms with Crippen LogP contribution in [0.5, 0.6) is 0 Å². The van der Waals surface area contributed by atoms with Gasteiger partial charge in [0.1, 0.15) is 0 Å². The molecule has 2 nitrogen and oxygen atoms in total. The van der Waals surface area contributed by atoms with Crippen LogP contribution in [0.4, 0.5) is 18.9 Å².